The minimum Gasteiger partial charge on any atom is -0.367 e. The second kappa shape index (κ2) is 8.04. The average Bonchev–Trinajstić information content (AvgIpc) is 2.74. The number of benzene rings is 1. The lowest BCUT2D eigenvalue weighted by Crippen LogP contribution is -2.71. The molecule has 1 aromatic rings. The van der Waals surface area contributed by atoms with Crippen molar-refractivity contribution < 1.29 is 19.3 Å². The van der Waals surface area contributed by atoms with Crippen LogP contribution in [0.1, 0.15) is 45.1 Å². The number of carbonyl (C=O) groups excluding carboxylic acids is 3. The summed E-state index contributed by atoms with van der Waals surface area (Å²) in [4.78, 5) is 54.3. The monoisotopic (exact) mass is 416 g/mol. The van der Waals surface area contributed by atoms with Gasteiger partial charge < -0.3 is 4.90 Å². The van der Waals surface area contributed by atoms with Gasteiger partial charge in [-0.3, -0.25) is 29.5 Å². The molecule has 0 aromatic heterocycles. The third-order valence-corrected chi connectivity index (χ3v) is 6.26. The van der Waals surface area contributed by atoms with Crippen molar-refractivity contribution in [1.82, 2.24) is 9.80 Å². The number of urea groups is 1. The van der Waals surface area contributed by atoms with E-state index < -0.39 is 34.2 Å². The number of rotatable bonds is 6. The van der Waals surface area contributed by atoms with Crippen molar-refractivity contribution in [2.24, 2.45) is 5.41 Å². The molecular formula is C21H28N4O5. The lowest BCUT2D eigenvalue weighted by atomic mass is 9.67. The van der Waals surface area contributed by atoms with E-state index >= 15 is 0 Å². The summed E-state index contributed by atoms with van der Waals surface area (Å²) in [5.41, 5.74) is -0.156. The number of anilines is 1. The van der Waals surface area contributed by atoms with E-state index in [2.05, 4.69) is 11.8 Å². The fourth-order valence-electron chi connectivity index (χ4n) is 4.76. The van der Waals surface area contributed by atoms with Crippen LogP contribution in [-0.4, -0.2) is 59.3 Å². The standard InChI is InChI=1S/C21H28N4O5/c1-5-7-11-24-16-10-9-15(25(29)30)12-14(16)13-21(17(24)8-6-2)18(26)22(3)20(28)23(4)19(21)27/h9-10,12,17H,5-8,11,13H2,1-4H3/t17-/m1/s1. The molecule has 9 nitrogen and oxygen atoms in total. The van der Waals surface area contributed by atoms with Gasteiger partial charge in [-0.1, -0.05) is 26.7 Å². The van der Waals surface area contributed by atoms with E-state index in [4.69, 9.17) is 0 Å². The summed E-state index contributed by atoms with van der Waals surface area (Å²) in [6.45, 7) is 4.67. The predicted molar refractivity (Wildman–Crippen MR) is 111 cm³/mol. The number of amides is 4. The Morgan fingerprint density at radius 1 is 1.10 bits per heavy atom. The van der Waals surface area contributed by atoms with Crippen LogP contribution in [0.25, 0.3) is 0 Å². The minimum atomic E-state index is -1.48. The Balaban J connectivity index is 2.25. The van der Waals surface area contributed by atoms with E-state index in [-0.39, 0.29) is 12.1 Å². The number of nitro groups is 1. The largest absolute Gasteiger partial charge is 0.367 e. The van der Waals surface area contributed by atoms with Gasteiger partial charge in [-0.15, -0.1) is 0 Å². The van der Waals surface area contributed by atoms with Crippen LogP contribution in [-0.2, 0) is 16.0 Å². The Kier molecular flexibility index (Phi) is 5.83. The molecule has 1 fully saturated rings. The zero-order valence-electron chi connectivity index (χ0n) is 17.9. The molecule has 2 heterocycles. The summed E-state index contributed by atoms with van der Waals surface area (Å²) in [7, 11) is 2.77. The summed E-state index contributed by atoms with van der Waals surface area (Å²) < 4.78 is 0. The average molecular weight is 416 g/mol. The lowest BCUT2D eigenvalue weighted by Gasteiger charge is -2.53. The number of carbonyl (C=O) groups is 3. The van der Waals surface area contributed by atoms with Gasteiger partial charge in [0.15, 0.2) is 5.41 Å². The third kappa shape index (κ3) is 3.12. The summed E-state index contributed by atoms with van der Waals surface area (Å²) in [6.07, 6.45) is 3.15. The predicted octanol–water partition coefficient (Wildman–Crippen LogP) is 2.96. The molecule has 0 N–H and O–H groups in total. The summed E-state index contributed by atoms with van der Waals surface area (Å²) >= 11 is 0. The molecule has 30 heavy (non-hydrogen) atoms. The lowest BCUT2D eigenvalue weighted by molar-refractivity contribution is -0.384. The van der Waals surface area contributed by atoms with Gasteiger partial charge in [0.25, 0.3) is 5.69 Å². The highest BCUT2D eigenvalue weighted by molar-refractivity contribution is 6.20. The van der Waals surface area contributed by atoms with Gasteiger partial charge in [0, 0.05) is 44.9 Å². The Morgan fingerprint density at radius 2 is 1.73 bits per heavy atom. The molecule has 2 aliphatic heterocycles. The second-order valence-corrected chi connectivity index (χ2v) is 8.08. The number of hydrogen-bond donors (Lipinski definition) is 0. The minimum absolute atomic E-state index is 0.0386. The van der Waals surface area contributed by atoms with Crippen molar-refractivity contribution in [3.8, 4) is 0 Å². The molecule has 0 radical (unpaired) electrons. The Bertz CT molecular complexity index is 875. The first-order valence-corrected chi connectivity index (χ1v) is 10.3. The van der Waals surface area contributed by atoms with Gasteiger partial charge in [0.2, 0.25) is 11.8 Å². The zero-order valence-corrected chi connectivity index (χ0v) is 17.9. The van der Waals surface area contributed by atoms with Crippen molar-refractivity contribution in [2.75, 3.05) is 25.5 Å². The van der Waals surface area contributed by atoms with Crippen LogP contribution in [0.5, 0.6) is 0 Å². The van der Waals surface area contributed by atoms with Gasteiger partial charge in [0.05, 0.1) is 11.0 Å². The van der Waals surface area contributed by atoms with Gasteiger partial charge in [-0.2, -0.15) is 0 Å². The van der Waals surface area contributed by atoms with Crippen molar-refractivity contribution in [3.63, 3.8) is 0 Å². The molecule has 1 saturated heterocycles. The summed E-state index contributed by atoms with van der Waals surface area (Å²) in [5, 5.41) is 11.3. The van der Waals surface area contributed by atoms with E-state index in [1.807, 2.05) is 6.92 Å². The molecule has 1 spiro atoms. The molecule has 1 aromatic carbocycles. The zero-order chi connectivity index (χ0) is 22.2. The number of hydrogen-bond acceptors (Lipinski definition) is 6. The quantitative estimate of drug-likeness (QED) is 0.401. The molecule has 0 bridgehead atoms. The van der Waals surface area contributed by atoms with Crippen molar-refractivity contribution >= 4 is 29.2 Å². The third-order valence-electron chi connectivity index (χ3n) is 6.26. The number of nitrogens with zero attached hydrogens (tertiary/aromatic N) is 4. The van der Waals surface area contributed by atoms with Crippen LogP contribution in [0.3, 0.4) is 0 Å². The van der Waals surface area contributed by atoms with Gasteiger partial charge in [-0.25, -0.2) is 4.79 Å². The highest BCUT2D eigenvalue weighted by Gasteiger charge is 2.62. The molecule has 0 saturated carbocycles. The molecule has 9 heteroatoms. The fraction of sp³-hybridized carbons (Fsp3) is 0.571. The Hall–Kier alpha value is -2.97. The van der Waals surface area contributed by atoms with Gasteiger partial charge >= 0.3 is 6.03 Å². The molecule has 3 rings (SSSR count). The molecular weight excluding hydrogens is 388 g/mol. The summed E-state index contributed by atoms with van der Waals surface area (Å²) in [6, 6.07) is 3.55. The molecule has 162 valence electrons. The van der Waals surface area contributed by atoms with E-state index in [1.165, 1.54) is 26.2 Å². The smallest absolute Gasteiger partial charge is 0.332 e. The second-order valence-electron chi connectivity index (χ2n) is 8.08. The van der Waals surface area contributed by atoms with Crippen LogP contribution in [0.15, 0.2) is 18.2 Å². The highest BCUT2D eigenvalue weighted by atomic mass is 16.6. The van der Waals surface area contributed by atoms with Crippen LogP contribution in [0.2, 0.25) is 0 Å². The fourth-order valence-corrected chi connectivity index (χ4v) is 4.76. The van der Waals surface area contributed by atoms with Gasteiger partial charge in [-0.05, 0) is 24.5 Å². The molecule has 4 amide bonds. The van der Waals surface area contributed by atoms with Crippen molar-refractivity contribution in [2.45, 2.75) is 52.0 Å². The first kappa shape index (κ1) is 21.7. The molecule has 2 aliphatic rings. The van der Waals surface area contributed by atoms with E-state index in [1.54, 1.807) is 6.07 Å². The normalized spacial score (nSPS) is 20.7. The van der Waals surface area contributed by atoms with Gasteiger partial charge in [0.1, 0.15) is 0 Å². The van der Waals surface area contributed by atoms with Crippen molar-refractivity contribution in [3.05, 3.63) is 33.9 Å². The first-order chi connectivity index (χ1) is 14.2. The maximum Gasteiger partial charge on any atom is 0.332 e. The van der Waals surface area contributed by atoms with Crippen LogP contribution < -0.4 is 4.90 Å². The molecule has 0 unspecified atom stereocenters. The number of imide groups is 2. The van der Waals surface area contributed by atoms with Crippen LogP contribution in [0.4, 0.5) is 16.2 Å². The highest BCUT2D eigenvalue weighted by Crippen LogP contribution is 2.47. The number of unbranched alkanes of at least 4 members (excludes halogenated alkanes) is 1. The topological polar surface area (TPSA) is 104 Å². The molecule has 0 aliphatic carbocycles. The number of non-ortho nitro benzene ring substituents is 1. The number of nitro benzene ring substituents is 1. The van der Waals surface area contributed by atoms with Crippen LogP contribution >= 0.6 is 0 Å². The maximum absolute atomic E-state index is 13.5. The Morgan fingerprint density at radius 3 is 2.27 bits per heavy atom. The van der Waals surface area contributed by atoms with Crippen molar-refractivity contribution in [1.29, 1.82) is 0 Å². The Labute approximate surface area is 175 Å². The van der Waals surface area contributed by atoms with E-state index in [0.29, 0.717) is 18.5 Å². The number of barbiturate groups is 1. The maximum atomic E-state index is 13.5. The van der Waals surface area contributed by atoms with Crippen LogP contribution in [0, 0.1) is 15.5 Å². The SMILES string of the molecule is CCCCN1c2ccc([N+](=O)[O-])cc2CC2(C(=O)N(C)C(=O)N(C)C2=O)[C@H]1CCC. The first-order valence-electron chi connectivity index (χ1n) is 10.3. The summed E-state index contributed by atoms with van der Waals surface area (Å²) in [5.74, 6) is -1.07. The molecule has 1 atom stereocenters. The number of fused-ring (bicyclic) bond motifs is 1. The van der Waals surface area contributed by atoms with E-state index in [9.17, 15) is 24.5 Å². The van der Waals surface area contributed by atoms with E-state index in [0.717, 1.165) is 34.7 Å².